The first-order valence-corrected chi connectivity index (χ1v) is 3.64. The van der Waals surface area contributed by atoms with Crippen molar-refractivity contribution in [3.05, 3.63) is 0 Å². The Morgan fingerprint density at radius 3 is 2.20 bits per heavy atom. The van der Waals surface area contributed by atoms with Crippen molar-refractivity contribution in [2.24, 2.45) is 0 Å². The molecule has 0 aromatic rings. The van der Waals surface area contributed by atoms with Crippen LogP contribution in [0.5, 0.6) is 0 Å². The highest BCUT2D eigenvalue weighted by atomic mass is 79.9. The Morgan fingerprint density at radius 1 is 1.70 bits per heavy atom. The molecular formula is C5H6BrClO3. The van der Waals surface area contributed by atoms with Crippen LogP contribution in [0.1, 0.15) is 13.3 Å². The van der Waals surface area contributed by atoms with Gasteiger partial charge in [-0.3, -0.25) is 9.59 Å². The lowest BCUT2D eigenvalue weighted by Crippen LogP contribution is -2.25. The van der Waals surface area contributed by atoms with Crippen molar-refractivity contribution in [1.82, 2.24) is 0 Å². The van der Waals surface area contributed by atoms with Gasteiger partial charge >= 0.3 is 5.97 Å². The van der Waals surface area contributed by atoms with E-state index in [2.05, 4.69) is 15.9 Å². The minimum atomic E-state index is -1.43. The molecule has 58 valence electrons. The van der Waals surface area contributed by atoms with Crippen LogP contribution in [0.3, 0.4) is 0 Å². The van der Waals surface area contributed by atoms with E-state index >= 15 is 0 Å². The normalized spacial score (nSPS) is 15.9. The van der Waals surface area contributed by atoms with Gasteiger partial charge in [-0.15, -0.1) is 0 Å². The minimum Gasteiger partial charge on any atom is -0.481 e. The summed E-state index contributed by atoms with van der Waals surface area (Å²) < 4.78 is -1.43. The molecule has 1 unspecified atom stereocenters. The molecule has 0 radical (unpaired) electrons. The van der Waals surface area contributed by atoms with Gasteiger partial charge in [0.15, 0.2) is 9.57 Å². The largest absolute Gasteiger partial charge is 0.481 e. The van der Waals surface area contributed by atoms with Gasteiger partial charge in [0.2, 0.25) is 0 Å². The predicted octanol–water partition coefficient (Wildman–Crippen LogP) is 1.38. The molecule has 0 fully saturated rings. The van der Waals surface area contributed by atoms with Crippen molar-refractivity contribution < 1.29 is 14.7 Å². The van der Waals surface area contributed by atoms with Crippen molar-refractivity contribution in [2.75, 3.05) is 0 Å². The topological polar surface area (TPSA) is 54.4 Å². The highest BCUT2D eigenvalue weighted by molar-refractivity contribution is 9.10. The summed E-state index contributed by atoms with van der Waals surface area (Å²) in [6, 6.07) is 0. The fourth-order valence-electron chi connectivity index (χ4n) is 0.314. The average molecular weight is 229 g/mol. The third kappa shape index (κ3) is 3.17. The van der Waals surface area contributed by atoms with Crippen molar-refractivity contribution in [3.8, 4) is 0 Å². The summed E-state index contributed by atoms with van der Waals surface area (Å²) in [6.07, 6.45) is -0.413. The van der Waals surface area contributed by atoms with Crippen LogP contribution in [-0.2, 0) is 9.59 Å². The Hall–Kier alpha value is -0.0900. The first-order chi connectivity index (χ1) is 4.36. The van der Waals surface area contributed by atoms with Crippen LogP contribution in [0.15, 0.2) is 0 Å². The summed E-state index contributed by atoms with van der Waals surface area (Å²) in [5, 5.41) is 8.23. The van der Waals surface area contributed by atoms with Gasteiger partial charge in [-0.05, 0) is 6.92 Å². The third-order valence-corrected chi connectivity index (χ3v) is 2.13. The Morgan fingerprint density at radius 2 is 2.10 bits per heavy atom. The molecule has 0 aliphatic rings. The number of carboxylic acids is 1. The van der Waals surface area contributed by atoms with Crippen LogP contribution in [0.4, 0.5) is 0 Å². The monoisotopic (exact) mass is 228 g/mol. The molecule has 0 aliphatic heterocycles. The van der Waals surface area contributed by atoms with Gasteiger partial charge in [-0.2, -0.15) is 0 Å². The van der Waals surface area contributed by atoms with Gasteiger partial charge in [0.1, 0.15) is 0 Å². The number of alkyl halides is 2. The highest BCUT2D eigenvalue weighted by Crippen LogP contribution is 2.28. The minimum absolute atomic E-state index is 0.406. The van der Waals surface area contributed by atoms with Crippen LogP contribution in [-0.4, -0.2) is 20.6 Å². The maximum atomic E-state index is 10.6. The Balaban J connectivity index is 4.13. The van der Waals surface area contributed by atoms with E-state index in [1.165, 1.54) is 6.92 Å². The molecule has 0 saturated carbocycles. The number of Topliss-reactive ketones (excluding diaryl/α,β-unsaturated/α-hetero) is 1. The van der Waals surface area contributed by atoms with E-state index in [1.807, 2.05) is 0 Å². The standard InChI is InChI=1S/C5H6BrClO3/c1-3(8)5(6,7)2-4(9)10/h2H2,1H3,(H,9,10). The number of hydrogen-bond acceptors (Lipinski definition) is 2. The molecule has 0 amide bonds. The quantitative estimate of drug-likeness (QED) is 0.744. The second-order valence-electron chi connectivity index (χ2n) is 1.83. The van der Waals surface area contributed by atoms with Gasteiger partial charge in [0.25, 0.3) is 0 Å². The summed E-state index contributed by atoms with van der Waals surface area (Å²) in [4.78, 5) is 20.6. The first-order valence-electron chi connectivity index (χ1n) is 2.47. The van der Waals surface area contributed by atoms with E-state index in [1.54, 1.807) is 0 Å². The molecule has 5 heteroatoms. The number of carbonyl (C=O) groups excluding carboxylic acids is 1. The second-order valence-corrected chi connectivity index (χ2v) is 4.29. The fraction of sp³-hybridized carbons (Fsp3) is 0.600. The van der Waals surface area contributed by atoms with Crippen molar-refractivity contribution in [2.45, 2.75) is 17.1 Å². The Bertz CT molecular complexity index is 166. The molecule has 1 atom stereocenters. The highest BCUT2D eigenvalue weighted by Gasteiger charge is 2.31. The van der Waals surface area contributed by atoms with Crippen molar-refractivity contribution in [1.29, 1.82) is 0 Å². The molecular weight excluding hydrogens is 223 g/mol. The number of aliphatic carboxylic acids is 1. The molecule has 0 aromatic heterocycles. The number of rotatable bonds is 3. The van der Waals surface area contributed by atoms with Crippen molar-refractivity contribution in [3.63, 3.8) is 0 Å². The smallest absolute Gasteiger partial charge is 0.306 e. The molecule has 0 aromatic carbocycles. The number of halogens is 2. The lowest BCUT2D eigenvalue weighted by molar-refractivity contribution is -0.138. The van der Waals surface area contributed by atoms with Crippen LogP contribution < -0.4 is 0 Å². The summed E-state index contributed by atoms with van der Waals surface area (Å²) >= 11 is 8.23. The fourth-order valence-corrected chi connectivity index (χ4v) is 0.669. The van der Waals surface area contributed by atoms with Crippen molar-refractivity contribution >= 4 is 39.3 Å². The van der Waals surface area contributed by atoms with Crippen LogP contribution in [0.2, 0.25) is 0 Å². The van der Waals surface area contributed by atoms with E-state index in [0.717, 1.165) is 0 Å². The zero-order valence-corrected chi connectivity index (χ0v) is 7.57. The van der Waals surface area contributed by atoms with Crippen LogP contribution in [0.25, 0.3) is 0 Å². The number of carboxylic acid groups (broad SMARTS) is 1. The molecule has 3 nitrogen and oxygen atoms in total. The summed E-state index contributed by atoms with van der Waals surface area (Å²) in [7, 11) is 0. The summed E-state index contributed by atoms with van der Waals surface area (Å²) in [6.45, 7) is 1.23. The first kappa shape index (κ1) is 9.91. The number of hydrogen-bond donors (Lipinski definition) is 1. The number of carbonyl (C=O) groups is 2. The van der Waals surface area contributed by atoms with E-state index in [0.29, 0.717) is 0 Å². The lowest BCUT2D eigenvalue weighted by Gasteiger charge is -2.11. The van der Waals surface area contributed by atoms with Gasteiger partial charge in [-0.1, -0.05) is 27.5 Å². The number of ketones is 1. The van der Waals surface area contributed by atoms with Gasteiger partial charge in [-0.25, -0.2) is 0 Å². The lowest BCUT2D eigenvalue weighted by atomic mass is 10.2. The van der Waals surface area contributed by atoms with E-state index in [4.69, 9.17) is 16.7 Å². The third-order valence-electron chi connectivity index (χ3n) is 0.888. The van der Waals surface area contributed by atoms with Crippen LogP contribution >= 0.6 is 27.5 Å². The maximum absolute atomic E-state index is 10.6. The Labute approximate surface area is 71.5 Å². The van der Waals surface area contributed by atoms with Crippen LogP contribution in [0, 0.1) is 0 Å². The molecule has 10 heavy (non-hydrogen) atoms. The maximum Gasteiger partial charge on any atom is 0.306 e. The molecule has 0 spiro atoms. The van der Waals surface area contributed by atoms with E-state index in [-0.39, 0.29) is 0 Å². The van der Waals surface area contributed by atoms with Gasteiger partial charge in [0.05, 0.1) is 6.42 Å². The molecule has 0 bridgehead atoms. The molecule has 1 N–H and O–H groups in total. The van der Waals surface area contributed by atoms with Gasteiger partial charge < -0.3 is 5.11 Å². The predicted molar refractivity (Wildman–Crippen MR) is 40.4 cm³/mol. The Kier molecular flexibility index (Phi) is 3.31. The molecule has 0 rings (SSSR count). The second kappa shape index (κ2) is 3.34. The van der Waals surface area contributed by atoms with E-state index < -0.39 is 22.0 Å². The summed E-state index contributed by atoms with van der Waals surface area (Å²) in [5.74, 6) is -1.52. The zero-order chi connectivity index (χ0) is 8.36. The average Bonchev–Trinajstić information content (AvgIpc) is 1.60. The van der Waals surface area contributed by atoms with E-state index in [9.17, 15) is 9.59 Å². The SMILES string of the molecule is CC(=O)C(Cl)(Br)CC(=O)O. The van der Waals surface area contributed by atoms with Gasteiger partial charge in [0, 0.05) is 0 Å². The molecule has 0 saturated heterocycles. The zero-order valence-electron chi connectivity index (χ0n) is 5.23. The summed E-state index contributed by atoms with van der Waals surface area (Å²) in [5.41, 5.74) is 0. The molecule has 0 aliphatic carbocycles. The molecule has 0 heterocycles.